The Morgan fingerprint density at radius 3 is 1.62 bits per heavy atom. The third kappa shape index (κ3) is 2.01. The normalized spacial score (nSPS) is 11.0. The molecule has 9 heteroatoms. The van der Waals surface area contributed by atoms with Crippen molar-refractivity contribution in [2.45, 2.75) is 0 Å². The fourth-order valence-electron chi connectivity index (χ4n) is 1.66. The van der Waals surface area contributed by atoms with Crippen LogP contribution in [0, 0.1) is 34.9 Å². The minimum absolute atomic E-state index is 0.211. The van der Waals surface area contributed by atoms with Crippen molar-refractivity contribution in [3.63, 3.8) is 0 Å². The van der Waals surface area contributed by atoms with Crippen molar-refractivity contribution in [3.05, 3.63) is 41.0 Å². The highest BCUT2D eigenvalue weighted by atomic mass is 19.2. The molecule has 112 valence electrons. The van der Waals surface area contributed by atoms with Crippen molar-refractivity contribution in [1.82, 2.24) is 0 Å². The molecular formula is C12H4F6O3. The Labute approximate surface area is 112 Å². The summed E-state index contributed by atoms with van der Waals surface area (Å²) in [6.45, 7) is 0. The van der Waals surface area contributed by atoms with Crippen molar-refractivity contribution in [1.29, 1.82) is 0 Å². The first-order chi connectivity index (χ1) is 9.68. The third-order valence-electron chi connectivity index (χ3n) is 2.67. The molecule has 0 aliphatic carbocycles. The number of phenols is 3. The second-order valence-electron chi connectivity index (χ2n) is 3.90. The molecule has 0 aromatic heterocycles. The predicted octanol–water partition coefficient (Wildman–Crippen LogP) is 3.30. The van der Waals surface area contributed by atoms with E-state index >= 15 is 0 Å². The zero-order valence-electron chi connectivity index (χ0n) is 9.69. The van der Waals surface area contributed by atoms with Gasteiger partial charge in [0.2, 0.25) is 23.3 Å². The minimum Gasteiger partial charge on any atom is -0.505 e. The van der Waals surface area contributed by atoms with Gasteiger partial charge in [0.1, 0.15) is 0 Å². The number of aromatic hydroxyl groups is 3. The van der Waals surface area contributed by atoms with Crippen molar-refractivity contribution in [3.8, 4) is 28.4 Å². The topological polar surface area (TPSA) is 60.7 Å². The van der Waals surface area contributed by atoms with Crippen LogP contribution in [0.1, 0.15) is 0 Å². The Morgan fingerprint density at radius 1 is 0.571 bits per heavy atom. The molecule has 0 bridgehead atoms. The molecule has 0 radical (unpaired) electrons. The van der Waals surface area contributed by atoms with Gasteiger partial charge >= 0.3 is 0 Å². The quantitative estimate of drug-likeness (QED) is 0.328. The molecule has 0 aliphatic rings. The number of benzene rings is 2. The highest BCUT2D eigenvalue weighted by Gasteiger charge is 2.30. The van der Waals surface area contributed by atoms with Gasteiger partial charge in [0.05, 0.1) is 5.56 Å². The molecule has 0 saturated heterocycles. The Kier molecular flexibility index (Phi) is 3.36. The lowest BCUT2D eigenvalue weighted by atomic mass is 10.0. The summed E-state index contributed by atoms with van der Waals surface area (Å²) in [4.78, 5) is 0. The highest BCUT2D eigenvalue weighted by Crippen LogP contribution is 2.44. The lowest BCUT2D eigenvalue weighted by Gasteiger charge is -2.12. The first-order valence-corrected chi connectivity index (χ1v) is 5.13. The number of hydrogen-bond acceptors (Lipinski definition) is 3. The van der Waals surface area contributed by atoms with Crippen LogP contribution >= 0.6 is 0 Å². The smallest absolute Gasteiger partial charge is 0.204 e. The SMILES string of the molecule is Oc1cc(-c2c(O)c(F)c(F)c(F)c2F)c(O)c(F)c1F. The van der Waals surface area contributed by atoms with Crippen molar-refractivity contribution >= 4 is 0 Å². The Morgan fingerprint density at radius 2 is 1.05 bits per heavy atom. The molecule has 21 heavy (non-hydrogen) atoms. The van der Waals surface area contributed by atoms with Crippen LogP contribution in [-0.2, 0) is 0 Å². The maximum absolute atomic E-state index is 13.6. The molecule has 2 rings (SSSR count). The molecule has 0 heterocycles. The average Bonchev–Trinajstić information content (AvgIpc) is 2.46. The second-order valence-corrected chi connectivity index (χ2v) is 3.90. The van der Waals surface area contributed by atoms with Gasteiger partial charge in [0, 0.05) is 5.56 Å². The van der Waals surface area contributed by atoms with Gasteiger partial charge in [0.15, 0.2) is 28.9 Å². The van der Waals surface area contributed by atoms with Gasteiger partial charge in [-0.2, -0.15) is 13.2 Å². The molecular weight excluding hydrogens is 306 g/mol. The van der Waals surface area contributed by atoms with Crippen LogP contribution in [0.25, 0.3) is 11.1 Å². The molecule has 0 aliphatic heterocycles. The van der Waals surface area contributed by atoms with E-state index in [1.165, 1.54) is 0 Å². The summed E-state index contributed by atoms with van der Waals surface area (Å²) < 4.78 is 79.0. The second kappa shape index (κ2) is 4.76. The fourth-order valence-corrected chi connectivity index (χ4v) is 1.66. The van der Waals surface area contributed by atoms with E-state index in [2.05, 4.69) is 0 Å². The Balaban J connectivity index is 2.93. The van der Waals surface area contributed by atoms with Crippen molar-refractivity contribution in [2.24, 2.45) is 0 Å². The third-order valence-corrected chi connectivity index (χ3v) is 2.67. The predicted molar refractivity (Wildman–Crippen MR) is 56.6 cm³/mol. The summed E-state index contributed by atoms with van der Waals surface area (Å²) in [5.41, 5.74) is -2.64. The largest absolute Gasteiger partial charge is 0.505 e. The summed E-state index contributed by atoms with van der Waals surface area (Å²) in [5, 5.41) is 27.6. The van der Waals surface area contributed by atoms with Crippen LogP contribution in [0.2, 0.25) is 0 Å². The number of halogens is 6. The molecule has 0 atom stereocenters. The van der Waals surface area contributed by atoms with E-state index in [0.717, 1.165) is 0 Å². The van der Waals surface area contributed by atoms with Crippen LogP contribution in [0.3, 0.4) is 0 Å². The van der Waals surface area contributed by atoms with Crippen molar-refractivity contribution < 1.29 is 41.7 Å². The molecule has 2 aromatic rings. The first-order valence-electron chi connectivity index (χ1n) is 5.13. The van der Waals surface area contributed by atoms with Crippen LogP contribution in [0.15, 0.2) is 6.07 Å². The Bertz CT molecular complexity index is 731. The summed E-state index contributed by atoms with van der Waals surface area (Å²) in [6.07, 6.45) is 0. The maximum atomic E-state index is 13.6. The lowest BCUT2D eigenvalue weighted by Crippen LogP contribution is -2.01. The van der Waals surface area contributed by atoms with E-state index in [0.29, 0.717) is 0 Å². The maximum Gasteiger partial charge on any atom is 0.204 e. The zero-order chi connectivity index (χ0) is 16.1. The van der Waals surface area contributed by atoms with Gasteiger partial charge < -0.3 is 15.3 Å². The van der Waals surface area contributed by atoms with Crippen LogP contribution in [0.4, 0.5) is 26.3 Å². The molecule has 3 nitrogen and oxygen atoms in total. The van der Waals surface area contributed by atoms with Crippen LogP contribution in [0.5, 0.6) is 17.2 Å². The molecule has 0 saturated carbocycles. The first kappa shape index (κ1) is 14.8. The number of phenolic OH excluding ortho intramolecular Hbond substituents is 3. The van der Waals surface area contributed by atoms with Crippen LogP contribution in [-0.4, -0.2) is 15.3 Å². The molecule has 0 fully saturated rings. The monoisotopic (exact) mass is 310 g/mol. The van der Waals surface area contributed by atoms with Gasteiger partial charge in [-0.25, -0.2) is 13.2 Å². The summed E-state index contributed by atoms with van der Waals surface area (Å²) in [6, 6.07) is 0.211. The van der Waals surface area contributed by atoms with E-state index in [1.807, 2.05) is 0 Å². The summed E-state index contributed by atoms with van der Waals surface area (Å²) in [5.74, 6) is -17.8. The van der Waals surface area contributed by atoms with E-state index < -0.39 is 63.3 Å². The summed E-state index contributed by atoms with van der Waals surface area (Å²) in [7, 11) is 0. The minimum atomic E-state index is -2.34. The van der Waals surface area contributed by atoms with E-state index in [4.69, 9.17) is 5.11 Å². The Hall–Kier alpha value is -2.58. The fraction of sp³-hybridized carbons (Fsp3) is 0. The van der Waals surface area contributed by atoms with E-state index in [9.17, 15) is 36.6 Å². The molecule has 0 amide bonds. The van der Waals surface area contributed by atoms with Crippen molar-refractivity contribution in [2.75, 3.05) is 0 Å². The number of hydrogen-bond donors (Lipinski definition) is 3. The highest BCUT2D eigenvalue weighted by molar-refractivity contribution is 5.77. The number of rotatable bonds is 1. The molecule has 2 aromatic carbocycles. The van der Waals surface area contributed by atoms with Gasteiger partial charge in [-0.1, -0.05) is 0 Å². The van der Waals surface area contributed by atoms with Gasteiger partial charge in [-0.05, 0) is 6.07 Å². The summed E-state index contributed by atoms with van der Waals surface area (Å²) >= 11 is 0. The van der Waals surface area contributed by atoms with E-state index in [1.54, 1.807) is 0 Å². The zero-order valence-corrected chi connectivity index (χ0v) is 9.69. The lowest BCUT2D eigenvalue weighted by molar-refractivity contribution is 0.363. The van der Waals surface area contributed by atoms with Gasteiger partial charge in [0.25, 0.3) is 0 Å². The van der Waals surface area contributed by atoms with Gasteiger partial charge in [-0.3, -0.25) is 0 Å². The molecule has 0 spiro atoms. The molecule has 0 unspecified atom stereocenters. The van der Waals surface area contributed by atoms with Gasteiger partial charge in [-0.15, -0.1) is 0 Å². The van der Waals surface area contributed by atoms with E-state index in [-0.39, 0.29) is 6.07 Å². The van der Waals surface area contributed by atoms with Crippen LogP contribution < -0.4 is 0 Å². The standard InChI is InChI=1S/C12H4F6O3/c13-5-3(19)1-2(11(20)9(5)17)4-6(14)7(15)8(16)10(18)12(4)21/h1,19-21H. The average molecular weight is 310 g/mol. The molecule has 3 N–H and O–H groups in total.